The summed E-state index contributed by atoms with van der Waals surface area (Å²) in [5, 5.41) is 10.8. The van der Waals surface area contributed by atoms with Crippen molar-refractivity contribution in [2.24, 2.45) is 7.05 Å². The van der Waals surface area contributed by atoms with E-state index in [0.29, 0.717) is 13.1 Å². The van der Waals surface area contributed by atoms with Crippen molar-refractivity contribution < 1.29 is 9.32 Å². The van der Waals surface area contributed by atoms with Gasteiger partial charge < -0.3 is 14.7 Å². The minimum absolute atomic E-state index is 0.145. The maximum Gasteiger partial charge on any atom is 0.317 e. The summed E-state index contributed by atoms with van der Waals surface area (Å²) in [6.45, 7) is 4.62. The fourth-order valence-corrected chi connectivity index (χ4v) is 1.95. The van der Waals surface area contributed by atoms with Crippen molar-refractivity contribution in [1.29, 1.82) is 0 Å². The van der Waals surface area contributed by atoms with Crippen molar-refractivity contribution in [3.05, 3.63) is 35.0 Å². The molecular formula is C13H19N5O2. The van der Waals surface area contributed by atoms with E-state index in [0.717, 1.165) is 22.6 Å². The second-order valence-electron chi connectivity index (χ2n) is 4.84. The number of aromatic nitrogens is 3. The molecule has 0 aliphatic rings. The molecule has 0 aliphatic heterocycles. The lowest BCUT2D eigenvalue weighted by Gasteiger charge is -2.17. The van der Waals surface area contributed by atoms with Gasteiger partial charge >= 0.3 is 6.03 Å². The summed E-state index contributed by atoms with van der Waals surface area (Å²) in [5.41, 5.74) is 2.72. The first-order valence-electron chi connectivity index (χ1n) is 6.35. The number of aryl methyl sites for hydroxylation is 3. The van der Waals surface area contributed by atoms with Crippen molar-refractivity contribution >= 4 is 6.03 Å². The van der Waals surface area contributed by atoms with E-state index < -0.39 is 0 Å². The van der Waals surface area contributed by atoms with Crippen LogP contribution in [0.5, 0.6) is 0 Å². The molecule has 2 rings (SSSR count). The van der Waals surface area contributed by atoms with Gasteiger partial charge in [0.15, 0.2) is 0 Å². The molecule has 2 aromatic heterocycles. The molecule has 20 heavy (non-hydrogen) atoms. The highest BCUT2D eigenvalue weighted by Gasteiger charge is 2.13. The molecular weight excluding hydrogens is 258 g/mol. The second kappa shape index (κ2) is 5.77. The lowest BCUT2D eigenvalue weighted by atomic mass is 10.2. The quantitative estimate of drug-likeness (QED) is 0.915. The third-order valence-corrected chi connectivity index (χ3v) is 3.12. The van der Waals surface area contributed by atoms with Crippen LogP contribution >= 0.6 is 0 Å². The number of nitrogens with one attached hydrogen (secondary N) is 1. The van der Waals surface area contributed by atoms with Crippen LogP contribution in [-0.2, 0) is 20.1 Å². The third kappa shape index (κ3) is 3.17. The predicted molar refractivity (Wildman–Crippen MR) is 72.9 cm³/mol. The summed E-state index contributed by atoms with van der Waals surface area (Å²) in [6.07, 6.45) is 3.64. The van der Waals surface area contributed by atoms with Crippen molar-refractivity contribution in [2.45, 2.75) is 26.9 Å². The Balaban J connectivity index is 1.88. The van der Waals surface area contributed by atoms with Crippen LogP contribution in [0.2, 0.25) is 0 Å². The van der Waals surface area contributed by atoms with Crippen LogP contribution in [0.1, 0.15) is 22.6 Å². The Kier molecular flexibility index (Phi) is 4.07. The van der Waals surface area contributed by atoms with Crippen molar-refractivity contribution in [3.8, 4) is 0 Å². The van der Waals surface area contributed by atoms with Crippen LogP contribution in [0.4, 0.5) is 4.79 Å². The molecule has 7 nitrogen and oxygen atoms in total. The van der Waals surface area contributed by atoms with Crippen LogP contribution in [0, 0.1) is 13.8 Å². The molecule has 0 saturated heterocycles. The Bertz CT molecular complexity index is 582. The zero-order chi connectivity index (χ0) is 14.7. The molecule has 0 saturated carbocycles. The Morgan fingerprint density at radius 1 is 1.50 bits per heavy atom. The molecule has 0 aliphatic carbocycles. The number of carbonyl (C=O) groups is 1. The molecule has 2 heterocycles. The molecule has 0 fully saturated rings. The SMILES string of the molecule is Cc1noc(C)c1CNC(=O)N(C)Cc1cnn(C)c1. The van der Waals surface area contributed by atoms with Gasteiger partial charge in [0.1, 0.15) is 5.76 Å². The van der Waals surface area contributed by atoms with E-state index in [-0.39, 0.29) is 6.03 Å². The van der Waals surface area contributed by atoms with Gasteiger partial charge in [-0.3, -0.25) is 4.68 Å². The Morgan fingerprint density at radius 3 is 2.80 bits per heavy atom. The normalized spacial score (nSPS) is 10.6. The number of rotatable bonds is 4. The minimum atomic E-state index is -0.145. The van der Waals surface area contributed by atoms with Gasteiger partial charge in [0.25, 0.3) is 0 Å². The fourth-order valence-electron chi connectivity index (χ4n) is 1.95. The van der Waals surface area contributed by atoms with Gasteiger partial charge in [-0.25, -0.2) is 4.79 Å². The van der Waals surface area contributed by atoms with Gasteiger partial charge in [0.05, 0.1) is 18.4 Å². The van der Waals surface area contributed by atoms with Gasteiger partial charge in [-0.2, -0.15) is 5.10 Å². The molecule has 0 unspecified atom stereocenters. The van der Waals surface area contributed by atoms with Crippen LogP contribution in [0.15, 0.2) is 16.9 Å². The topological polar surface area (TPSA) is 76.2 Å². The molecule has 1 N–H and O–H groups in total. The molecule has 2 aromatic rings. The van der Waals surface area contributed by atoms with Crippen molar-refractivity contribution in [1.82, 2.24) is 25.2 Å². The second-order valence-corrected chi connectivity index (χ2v) is 4.84. The summed E-state index contributed by atoms with van der Waals surface area (Å²) >= 11 is 0. The minimum Gasteiger partial charge on any atom is -0.361 e. The summed E-state index contributed by atoms with van der Waals surface area (Å²) < 4.78 is 6.77. The van der Waals surface area contributed by atoms with Gasteiger partial charge in [0.2, 0.25) is 0 Å². The number of carbonyl (C=O) groups excluding carboxylic acids is 1. The molecule has 0 aromatic carbocycles. The maximum atomic E-state index is 12.0. The van der Waals surface area contributed by atoms with E-state index in [4.69, 9.17) is 4.52 Å². The molecule has 0 bridgehead atoms. The summed E-state index contributed by atoms with van der Waals surface area (Å²) in [5.74, 6) is 0.734. The van der Waals surface area contributed by atoms with Crippen LogP contribution in [0.25, 0.3) is 0 Å². The average Bonchev–Trinajstić information content (AvgIpc) is 2.94. The highest BCUT2D eigenvalue weighted by atomic mass is 16.5. The lowest BCUT2D eigenvalue weighted by Crippen LogP contribution is -2.36. The third-order valence-electron chi connectivity index (χ3n) is 3.12. The molecule has 108 valence electrons. The largest absolute Gasteiger partial charge is 0.361 e. The summed E-state index contributed by atoms with van der Waals surface area (Å²) in [7, 11) is 3.59. The standard InChI is InChI=1S/C13H19N5O2/c1-9-12(10(2)20-16-9)6-14-13(19)17(3)7-11-5-15-18(4)8-11/h5,8H,6-7H2,1-4H3,(H,14,19). The summed E-state index contributed by atoms with van der Waals surface area (Å²) in [4.78, 5) is 13.6. The summed E-state index contributed by atoms with van der Waals surface area (Å²) in [6, 6.07) is -0.145. The highest BCUT2D eigenvalue weighted by molar-refractivity contribution is 5.73. The Labute approximate surface area is 117 Å². The predicted octanol–water partition coefficient (Wildman–Crippen LogP) is 1.37. The van der Waals surface area contributed by atoms with E-state index in [9.17, 15) is 4.79 Å². The van der Waals surface area contributed by atoms with E-state index >= 15 is 0 Å². The first-order chi connectivity index (χ1) is 9.47. The van der Waals surface area contributed by atoms with Gasteiger partial charge in [-0.15, -0.1) is 0 Å². The number of hydrogen-bond acceptors (Lipinski definition) is 4. The van der Waals surface area contributed by atoms with Gasteiger partial charge in [-0.1, -0.05) is 5.16 Å². The van der Waals surface area contributed by atoms with Crippen molar-refractivity contribution in [3.63, 3.8) is 0 Å². The van der Waals surface area contributed by atoms with E-state index in [2.05, 4.69) is 15.6 Å². The number of nitrogens with zero attached hydrogens (tertiary/aromatic N) is 4. The molecule has 0 spiro atoms. The van der Waals surface area contributed by atoms with Crippen LogP contribution in [-0.4, -0.2) is 32.9 Å². The monoisotopic (exact) mass is 277 g/mol. The first kappa shape index (κ1) is 14.1. The van der Waals surface area contributed by atoms with Crippen LogP contribution < -0.4 is 5.32 Å². The highest BCUT2D eigenvalue weighted by Crippen LogP contribution is 2.11. The fraction of sp³-hybridized carbons (Fsp3) is 0.462. The Morgan fingerprint density at radius 2 is 2.25 bits per heavy atom. The average molecular weight is 277 g/mol. The number of hydrogen-bond donors (Lipinski definition) is 1. The number of urea groups is 1. The van der Waals surface area contributed by atoms with E-state index in [1.807, 2.05) is 27.1 Å². The molecule has 7 heteroatoms. The van der Waals surface area contributed by atoms with Gasteiger partial charge in [-0.05, 0) is 13.8 Å². The zero-order valence-corrected chi connectivity index (χ0v) is 12.2. The van der Waals surface area contributed by atoms with Crippen molar-refractivity contribution in [2.75, 3.05) is 7.05 Å². The van der Waals surface area contributed by atoms with E-state index in [1.165, 1.54) is 0 Å². The lowest BCUT2D eigenvalue weighted by molar-refractivity contribution is 0.206. The van der Waals surface area contributed by atoms with E-state index in [1.54, 1.807) is 22.8 Å². The molecule has 0 radical (unpaired) electrons. The molecule has 2 amide bonds. The van der Waals surface area contributed by atoms with Gasteiger partial charge in [0, 0.05) is 38.0 Å². The molecule has 0 atom stereocenters. The smallest absolute Gasteiger partial charge is 0.317 e. The zero-order valence-electron chi connectivity index (χ0n) is 12.2. The maximum absolute atomic E-state index is 12.0. The number of amides is 2. The van der Waals surface area contributed by atoms with Crippen LogP contribution in [0.3, 0.4) is 0 Å². The Hall–Kier alpha value is -2.31. The first-order valence-corrected chi connectivity index (χ1v) is 6.35.